The van der Waals surface area contributed by atoms with E-state index in [1.165, 1.54) is 12.1 Å². The van der Waals surface area contributed by atoms with E-state index in [9.17, 15) is 10.1 Å². The molecular formula is C13H16N4O2. The van der Waals surface area contributed by atoms with Crippen LogP contribution in [0.5, 0.6) is 0 Å². The third-order valence-corrected chi connectivity index (χ3v) is 3.49. The number of nitriles is 1. The van der Waals surface area contributed by atoms with Gasteiger partial charge in [0.1, 0.15) is 11.6 Å². The number of hydrogen-bond donors (Lipinski definition) is 2. The van der Waals surface area contributed by atoms with Crippen LogP contribution in [0.1, 0.15) is 31.2 Å². The van der Waals surface area contributed by atoms with E-state index in [1.54, 1.807) is 6.07 Å². The molecule has 6 heteroatoms. The van der Waals surface area contributed by atoms with Crippen molar-refractivity contribution in [2.24, 2.45) is 5.73 Å². The Morgan fingerprint density at radius 3 is 2.79 bits per heavy atom. The lowest BCUT2D eigenvalue weighted by atomic mass is 9.91. The molecule has 0 radical (unpaired) electrons. The van der Waals surface area contributed by atoms with Crippen LogP contribution < -0.4 is 11.1 Å². The average Bonchev–Trinajstić information content (AvgIpc) is 2.41. The lowest BCUT2D eigenvalue weighted by molar-refractivity contribution is -0.385. The van der Waals surface area contributed by atoms with Crippen molar-refractivity contribution in [1.29, 1.82) is 5.26 Å². The zero-order chi connectivity index (χ0) is 13.8. The fourth-order valence-corrected chi connectivity index (χ4v) is 2.42. The molecule has 2 rings (SSSR count). The normalized spacial score (nSPS) is 22.5. The first kappa shape index (κ1) is 13.3. The number of nitro groups is 1. The minimum Gasteiger partial charge on any atom is -0.381 e. The lowest BCUT2D eigenvalue weighted by Crippen LogP contribution is -2.42. The fourth-order valence-electron chi connectivity index (χ4n) is 2.42. The van der Waals surface area contributed by atoms with Crippen LogP contribution in [0.2, 0.25) is 0 Å². The number of nitro benzene ring substituents is 1. The zero-order valence-electron chi connectivity index (χ0n) is 10.5. The van der Waals surface area contributed by atoms with E-state index >= 15 is 0 Å². The van der Waals surface area contributed by atoms with Gasteiger partial charge in [-0.05, 0) is 25.0 Å². The summed E-state index contributed by atoms with van der Waals surface area (Å²) >= 11 is 0. The van der Waals surface area contributed by atoms with Crippen molar-refractivity contribution in [2.45, 2.75) is 37.8 Å². The number of hydrogen-bond acceptors (Lipinski definition) is 5. The number of nitrogens with one attached hydrogen (secondary N) is 1. The van der Waals surface area contributed by atoms with Gasteiger partial charge in [-0.2, -0.15) is 5.26 Å². The van der Waals surface area contributed by atoms with Gasteiger partial charge in [0.15, 0.2) is 0 Å². The molecule has 0 amide bonds. The third-order valence-electron chi connectivity index (χ3n) is 3.49. The predicted octanol–water partition coefficient (Wildman–Crippen LogP) is 2.15. The van der Waals surface area contributed by atoms with E-state index in [2.05, 4.69) is 5.32 Å². The summed E-state index contributed by atoms with van der Waals surface area (Å²) in [6.45, 7) is 0. The summed E-state index contributed by atoms with van der Waals surface area (Å²) in [5, 5.41) is 23.0. The summed E-state index contributed by atoms with van der Waals surface area (Å²) in [4.78, 5) is 10.4. The average molecular weight is 260 g/mol. The summed E-state index contributed by atoms with van der Waals surface area (Å²) in [5.74, 6) is 0. The molecule has 0 bridgehead atoms. The van der Waals surface area contributed by atoms with Crippen LogP contribution in [0.4, 0.5) is 11.4 Å². The largest absolute Gasteiger partial charge is 0.381 e. The van der Waals surface area contributed by atoms with Crippen LogP contribution in [0.3, 0.4) is 0 Å². The Labute approximate surface area is 111 Å². The van der Waals surface area contributed by atoms with E-state index in [-0.39, 0.29) is 23.3 Å². The molecule has 100 valence electrons. The Hall–Kier alpha value is -2.13. The number of nitrogens with zero attached hydrogens (tertiary/aromatic N) is 2. The first-order valence-electron chi connectivity index (χ1n) is 6.32. The minimum absolute atomic E-state index is 0.0726. The van der Waals surface area contributed by atoms with Crippen LogP contribution in [0.15, 0.2) is 18.2 Å². The van der Waals surface area contributed by atoms with E-state index in [4.69, 9.17) is 11.0 Å². The summed E-state index contributed by atoms with van der Waals surface area (Å²) in [5.41, 5.74) is 6.58. The highest BCUT2D eigenvalue weighted by Gasteiger charge is 2.22. The molecule has 1 saturated carbocycles. The molecular weight excluding hydrogens is 244 g/mol. The minimum atomic E-state index is -0.537. The van der Waals surface area contributed by atoms with Crippen molar-refractivity contribution in [2.75, 3.05) is 5.32 Å². The maximum Gasteiger partial charge on any atom is 0.289 e. The molecule has 1 aliphatic carbocycles. The number of nitrogens with two attached hydrogens (primary N) is 1. The molecule has 19 heavy (non-hydrogen) atoms. The van der Waals surface area contributed by atoms with E-state index < -0.39 is 4.92 Å². The van der Waals surface area contributed by atoms with Crippen molar-refractivity contribution in [3.8, 4) is 6.07 Å². The molecule has 2 atom stereocenters. The first-order chi connectivity index (χ1) is 9.11. The van der Waals surface area contributed by atoms with E-state index in [0.717, 1.165) is 25.7 Å². The van der Waals surface area contributed by atoms with Gasteiger partial charge in [0, 0.05) is 23.8 Å². The van der Waals surface area contributed by atoms with Gasteiger partial charge >= 0.3 is 0 Å². The van der Waals surface area contributed by atoms with Crippen molar-refractivity contribution < 1.29 is 4.92 Å². The SMILES string of the molecule is N#Cc1ccc(NC2CCCCC2N)cc1[N+](=O)[O-]. The zero-order valence-corrected chi connectivity index (χ0v) is 10.5. The molecule has 1 aromatic carbocycles. The van der Waals surface area contributed by atoms with Gasteiger partial charge in [-0.1, -0.05) is 12.8 Å². The summed E-state index contributed by atoms with van der Waals surface area (Å²) in [7, 11) is 0. The van der Waals surface area contributed by atoms with Crippen molar-refractivity contribution in [3.05, 3.63) is 33.9 Å². The predicted molar refractivity (Wildman–Crippen MR) is 71.7 cm³/mol. The first-order valence-corrected chi connectivity index (χ1v) is 6.32. The summed E-state index contributed by atoms with van der Waals surface area (Å²) in [6.07, 6.45) is 4.18. The second-order valence-corrected chi connectivity index (χ2v) is 4.80. The van der Waals surface area contributed by atoms with Gasteiger partial charge < -0.3 is 11.1 Å². The number of benzene rings is 1. The quantitative estimate of drug-likeness (QED) is 0.640. The molecule has 1 fully saturated rings. The van der Waals surface area contributed by atoms with Crippen LogP contribution in [0, 0.1) is 21.4 Å². The second kappa shape index (κ2) is 5.67. The molecule has 1 aromatic rings. The third kappa shape index (κ3) is 3.01. The van der Waals surface area contributed by atoms with Crippen LogP contribution >= 0.6 is 0 Å². The molecule has 3 N–H and O–H groups in total. The molecule has 1 aliphatic rings. The summed E-state index contributed by atoms with van der Waals surface area (Å²) in [6, 6.07) is 6.59. The molecule has 2 unspecified atom stereocenters. The molecule has 0 spiro atoms. The van der Waals surface area contributed by atoms with Gasteiger partial charge in [0.25, 0.3) is 5.69 Å². The Morgan fingerprint density at radius 1 is 1.42 bits per heavy atom. The summed E-state index contributed by atoms with van der Waals surface area (Å²) < 4.78 is 0. The molecule has 0 heterocycles. The van der Waals surface area contributed by atoms with Gasteiger partial charge in [-0.25, -0.2) is 0 Å². The van der Waals surface area contributed by atoms with Crippen LogP contribution in [0.25, 0.3) is 0 Å². The van der Waals surface area contributed by atoms with E-state index in [1.807, 2.05) is 6.07 Å². The fraction of sp³-hybridized carbons (Fsp3) is 0.462. The lowest BCUT2D eigenvalue weighted by Gasteiger charge is -2.30. The van der Waals surface area contributed by atoms with Gasteiger partial charge in [-0.15, -0.1) is 0 Å². The molecule has 0 aromatic heterocycles. The molecule has 0 saturated heterocycles. The Balaban J connectivity index is 2.19. The van der Waals surface area contributed by atoms with Crippen LogP contribution in [-0.4, -0.2) is 17.0 Å². The smallest absolute Gasteiger partial charge is 0.289 e. The van der Waals surface area contributed by atoms with Gasteiger partial charge in [0.05, 0.1) is 4.92 Å². The molecule has 0 aliphatic heterocycles. The topological polar surface area (TPSA) is 105 Å². The second-order valence-electron chi connectivity index (χ2n) is 4.80. The Bertz CT molecular complexity index is 524. The Kier molecular flexibility index (Phi) is 3.97. The standard InChI is InChI=1S/C13H16N4O2/c14-8-9-5-6-10(7-13(9)17(18)19)16-12-4-2-1-3-11(12)15/h5-7,11-12,16H,1-4,15H2. The highest BCUT2D eigenvalue weighted by atomic mass is 16.6. The van der Waals surface area contributed by atoms with Crippen LogP contribution in [-0.2, 0) is 0 Å². The number of anilines is 1. The molecule has 6 nitrogen and oxygen atoms in total. The maximum atomic E-state index is 10.9. The maximum absolute atomic E-state index is 10.9. The van der Waals surface area contributed by atoms with Crippen molar-refractivity contribution in [3.63, 3.8) is 0 Å². The monoisotopic (exact) mass is 260 g/mol. The van der Waals surface area contributed by atoms with Gasteiger partial charge in [-0.3, -0.25) is 10.1 Å². The van der Waals surface area contributed by atoms with Crippen molar-refractivity contribution in [1.82, 2.24) is 0 Å². The number of rotatable bonds is 3. The highest BCUT2D eigenvalue weighted by Crippen LogP contribution is 2.26. The van der Waals surface area contributed by atoms with Crippen molar-refractivity contribution >= 4 is 11.4 Å². The van der Waals surface area contributed by atoms with E-state index in [0.29, 0.717) is 5.69 Å². The van der Waals surface area contributed by atoms with Gasteiger partial charge in [0.2, 0.25) is 0 Å². The Morgan fingerprint density at radius 2 is 2.16 bits per heavy atom. The highest BCUT2D eigenvalue weighted by molar-refractivity contribution is 5.59.